The van der Waals surface area contributed by atoms with Gasteiger partial charge in [-0.05, 0) is 0 Å². The van der Waals surface area contributed by atoms with Crippen LogP contribution in [0.15, 0.2) is 0 Å². The summed E-state index contributed by atoms with van der Waals surface area (Å²) in [7, 11) is 1.51. The third-order valence-corrected chi connectivity index (χ3v) is 0.287. The Morgan fingerprint density at radius 1 is 1.62 bits per heavy atom. The molecule has 0 heterocycles. The molecule has 0 amide bonds. The van der Waals surface area contributed by atoms with Crippen LogP contribution in [0.1, 0.15) is 6.92 Å². The van der Waals surface area contributed by atoms with Gasteiger partial charge in [-0.3, -0.25) is 0 Å². The summed E-state index contributed by atoms with van der Waals surface area (Å²) in [4.78, 5) is 0. The molecule has 3 heteroatoms. The molecule has 0 saturated carbocycles. The Morgan fingerprint density at radius 2 is 2.00 bits per heavy atom. The SMILES string of the molecule is COCC[O-].C[CH2][Zn+]. The molecule has 46 valence electrons. The van der Waals surface area contributed by atoms with Crippen LogP contribution in [0.5, 0.6) is 0 Å². The first-order chi connectivity index (χ1) is 3.83. The van der Waals surface area contributed by atoms with Crippen LogP contribution in [-0.2, 0) is 23.0 Å². The summed E-state index contributed by atoms with van der Waals surface area (Å²) in [5.74, 6) is 0. The van der Waals surface area contributed by atoms with E-state index in [1.807, 2.05) is 0 Å². The maximum atomic E-state index is 9.40. The molecular formula is C5H12O2Zn. The molecule has 0 atom stereocenters. The van der Waals surface area contributed by atoms with Crippen molar-refractivity contribution >= 4 is 0 Å². The summed E-state index contributed by atoms with van der Waals surface area (Å²) >= 11 is 1.44. The van der Waals surface area contributed by atoms with Gasteiger partial charge < -0.3 is 9.84 Å². The van der Waals surface area contributed by atoms with Crippen LogP contribution in [0.3, 0.4) is 0 Å². The van der Waals surface area contributed by atoms with Crippen LogP contribution in [-0.4, -0.2) is 20.3 Å². The fraction of sp³-hybridized carbons (Fsp3) is 1.00. The first-order valence-electron chi connectivity index (χ1n) is 2.69. The van der Waals surface area contributed by atoms with Gasteiger partial charge in [0.25, 0.3) is 0 Å². The summed E-state index contributed by atoms with van der Waals surface area (Å²) in [5.41, 5.74) is 0. The average Bonchev–Trinajstić information content (AvgIpc) is 1.71. The maximum absolute atomic E-state index is 9.40. The van der Waals surface area contributed by atoms with Gasteiger partial charge in [0.15, 0.2) is 0 Å². The molecule has 0 radical (unpaired) electrons. The minimum absolute atomic E-state index is 0.128. The summed E-state index contributed by atoms with van der Waals surface area (Å²) < 4.78 is 4.38. The molecule has 0 aliphatic carbocycles. The van der Waals surface area contributed by atoms with Crippen LogP contribution in [0.2, 0.25) is 5.02 Å². The standard InChI is InChI=1S/C3H7O2.C2H5.Zn/c1-5-3-2-4;1-2;/h2-3H2,1H3;1H2,2H3;/q-1;;+1. The first kappa shape index (κ1) is 11.4. The van der Waals surface area contributed by atoms with Crippen LogP contribution >= 0.6 is 0 Å². The molecule has 0 spiro atoms. The van der Waals surface area contributed by atoms with Crippen molar-refractivity contribution in [3.05, 3.63) is 0 Å². The molecule has 0 unspecified atom stereocenters. The van der Waals surface area contributed by atoms with Crippen LogP contribution in [0.4, 0.5) is 0 Å². The molecule has 0 aliphatic rings. The Kier molecular flexibility index (Phi) is 22.2. The number of hydrogen-bond acceptors (Lipinski definition) is 2. The van der Waals surface area contributed by atoms with E-state index in [0.717, 1.165) is 0 Å². The van der Waals surface area contributed by atoms with Gasteiger partial charge in [-0.25, -0.2) is 0 Å². The summed E-state index contributed by atoms with van der Waals surface area (Å²) in [6.45, 7) is 2.39. The Bertz CT molecular complexity index is 24.4. The predicted octanol–water partition coefficient (Wildman–Crippen LogP) is -0.0355. The van der Waals surface area contributed by atoms with Gasteiger partial charge in [-0.2, -0.15) is 0 Å². The van der Waals surface area contributed by atoms with E-state index in [0.29, 0.717) is 6.61 Å². The van der Waals surface area contributed by atoms with E-state index in [1.54, 1.807) is 0 Å². The number of rotatable bonds is 2. The van der Waals surface area contributed by atoms with Gasteiger partial charge >= 0.3 is 30.2 Å². The number of hydrogen-bond donors (Lipinski definition) is 0. The number of ether oxygens (including phenoxy) is 1. The third kappa shape index (κ3) is 31.1. The van der Waals surface area contributed by atoms with Crippen molar-refractivity contribution in [2.24, 2.45) is 0 Å². The fourth-order valence-corrected chi connectivity index (χ4v) is 0.0833. The van der Waals surface area contributed by atoms with E-state index in [-0.39, 0.29) is 6.61 Å². The Balaban J connectivity index is 0. The Hall–Kier alpha value is 0.543. The molecule has 0 aliphatic heterocycles. The second kappa shape index (κ2) is 15.6. The van der Waals surface area contributed by atoms with E-state index >= 15 is 0 Å². The molecule has 0 N–H and O–H groups in total. The molecule has 8 heavy (non-hydrogen) atoms. The van der Waals surface area contributed by atoms with Crippen LogP contribution < -0.4 is 5.11 Å². The second-order valence-electron chi connectivity index (χ2n) is 1.20. The van der Waals surface area contributed by atoms with E-state index in [1.165, 1.54) is 30.4 Å². The van der Waals surface area contributed by atoms with E-state index in [2.05, 4.69) is 11.7 Å². The van der Waals surface area contributed by atoms with Crippen molar-refractivity contribution in [1.29, 1.82) is 0 Å². The molecular weight excluding hydrogens is 157 g/mol. The van der Waals surface area contributed by atoms with Crippen molar-refractivity contribution in [1.82, 2.24) is 0 Å². The van der Waals surface area contributed by atoms with Gasteiger partial charge in [-0.1, -0.05) is 0 Å². The van der Waals surface area contributed by atoms with Crippen LogP contribution in [0.25, 0.3) is 0 Å². The van der Waals surface area contributed by atoms with Gasteiger partial charge in [-0.15, -0.1) is 6.61 Å². The zero-order chi connectivity index (χ0) is 6.83. The Morgan fingerprint density at radius 3 is 2.00 bits per heavy atom. The monoisotopic (exact) mass is 168 g/mol. The minimum atomic E-state index is -0.128. The predicted molar refractivity (Wildman–Crippen MR) is 27.2 cm³/mol. The third-order valence-electron chi connectivity index (χ3n) is 0.287. The molecule has 0 bridgehead atoms. The Labute approximate surface area is 60.9 Å². The van der Waals surface area contributed by atoms with Gasteiger partial charge in [0, 0.05) is 13.7 Å². The molecule has 0 rings (SSSR count). The molecule has 2 nitrogen and oxygen atoms in total. The normalized spacial score (nSPS) is 7.62. The molecule has 0 aromatic rings. The van der Waals surface area contributed by atoms with Crippen LogP contribution in [0, 0.1) is 0 Å². The van der Waals surface area contributed by atoms with Gasteiger partial charge in [0.2, 0.25) is 0 Å². The van der Waals surface area contributed by atoms with E-state index < -0.39 is 0 Å². The second-order valence-corrected chi connectivity index (χ2v) is 3.29. The van der Waals surface area contributed by atoms with Crippen molar-refractivity contribution in [3.63, 3.8) is 0 Å². The van der Waals surface area contributed by atoms with Crippen molar-refractivity contribution in [3.8, 4) is 0 Å². The van der Waals surface area contributed by atoms with Crippen molar-refractivity contribution in [2.75, 3.05) is 20.3 Å². The van der Waals surface area contributed by atoms with Crippen molar-refractivity contribution in [2.45, 2.75) is 11.9 Å². The topological polar surface area (TPSA) is 32.3 Å². The first-order valence-corrected chi connectivity index (χ1v) is 4.79. The van der Waals surface area contributed by atoms with Gasteiger partial charge in [0.05, 0.1) is 0 Å². The fourth-order valence-electron chi connectivity index (χ4n) is 0.0833. The van der Waals surface area contributed by atoms with Crippen molar-refractivity contribution < 1.29 is 28.1 Å². The molecule has 0 fully saturated rings. The molecule has 0 saturated heterocycles. The quantitative estimate of drug-likeness (QED) is 0.544. The van der Waals surface area contributed by atoms with Gasteiger partial charge in [0.1, 0.15) is 0 Å². The molecule has 0 aromatic heterocycles. The van der Waals surface area contributed by atoms with E-state index in [9.17, 15) is 5.11 Å². The van der Waals surface area contributed by atoms with E-state index in [4.69, 9.17) is 0 Å². The average molecular weight is 170 g/mol. The molecule has 0 aromatic carbocycles. The number of methoxy groups -OCH3 is 1. The summed E-state index contributed by atoms with van der Waals surface area (Å²) in [5, 5.41) is 10.8. The summed E-state index contributed by atoms with van der Waals surface area (Å²) in [6, 6.07) is 0. The zero-order valence-electron chi connectivity index (χ0n) is 5.64. The summed E-state index contributed by atoms with van der Waals surface area (Å²) in [6.07, 6.45) is 0. The zero-order valence-corrected chi connectivity index (χ0v) is 8.61.